The lowest BCUT2D eigenvalue weighted by Crippen LogP contribution is -1.91. The van der Waals surface area contributed by atoms with Crippen molar-refractivity contribution >= 4 is 28.1 Å². The molecule has 0 saturated carbocycles. The van der Waals surface area contributed by atoms with E-state index in [4.69, 9.17) is 5.73 Å². The lowest BCUT2D eigenvalue weighted by atomic mass is 10.2. The predicted octanol–water partition coefficient (Wildman–Crippen LogP) is 2.89. The van der Waals surface area contributed by atoms with E-state index in [1.165, 1.54) is 0 Å². The zero-order valence-corrected chi connectivity index (χ0v) is 9.14. The third-order valence-electron chi connectivity index (χ3n) is 2.62. The van der Waals surface area contributed by atoms with E-state index in [0.29, 0.717) is 0 Å². The number of H-pyrrole nitrogens is 1. The van der Waals surface area contributed by atoms with Crippen molar-refractivity contribution in [1.82, 2.24) is 9.97 Å². The number of benzene rings is 2. The number of fused-ring (bicyclic) bond motifs is 1. The maximum atomic E-state index is 5.64. The highest BCUT2D eigenvalue weighted by atomic mass is 14.9. The van der Waals surface area contributed by atoms with E-state index in [2.05, 4.69) is 15.3 Å². The lowest BCUT2D eigenvalue weighted by molar-refractivity contribution is 1.34. The smallest absolute Gasteiger partial charge is 0.0931 e. The van der Waals surface area contributed by atoms with Gasteiger partial charge in [0, 0.05) is 17.1 Å². The molecule has 0 radical (unpaired) electrons. The van der Waals surface area contributed by atoms with E-state index in [9.17, 15) is 0 Å². The molecule has 0 spiro atoms. The average Bonchev–Trinajstić information content (AvgIpc) is 2.79. The van der Waals surface area contributed by atoms with Crippen LogP contribution < -0.4 is 11.1 Å². The van der Waals surface area contributed by atoms with E-state index in [1.54, 1.807) is 6.33 Å². The van der Waals surface area contributed by atoms with Gasteiger partial charge >= 0.3 is 0 Å². The van der Waals surface area contributed by atoms with Crippen molar-refractivity contribution in [3.05, 3.63) is 48.8 Å². The quantitative estimate of drug-likeness (QED) is 0.586. The van der Waals surface area contributed by atoms with Gasteiger partial charge in [0.2, 0.25) is 0 Å². The summed E-state index contributed by atoms with van der Waals surface area (Å²) in [6, 6.07) is 13.6. The van der Waals surface area contributed by atoms with Gasteiger partial charge in [0.05, 0.1) is 17.4 Å². The fraction of sp³-hybridized carbons (Fsp3) is 0. The van der Waals surface area contributed by atoms with Gasteiger partial charge in [0.15, 0.2) is 0 Å². The summed E-state index contributed by atoms with van der Waals surface area (Å²) < 4.78 is 0. The van der Waals surface area contributed by atoms with Gasteiger partial charge in [-0.1, -0.05) is 0 Å². The Morgan fingerprint density at radius 2 is 1.76 bits per heavy atom. The van der Waals surface area contributed by atoms with E-state index < -0.39 is 0 Å². The summed E-state index contributed by atoms with van der Waals surface area (Å²) in [4.78, 5) is 7.26. The second kappa shape index (κ2) is 3.83. The Labute approximate surface area is 98.5 Å². The summed E-state index contributed by atoms with van der Waals surface area (Å²) in [5, 5.41) is 3.31. The fourth-order valence-electron chi connectivity index (χ4n) is 1.75. The molecule has 4 nitrogen and oxygen atoms in total. The van der Waals surface area contributed by atoms with Crippen LogP contribution >= 0.6 is 0 Å². The number of nitrogen functional groups attached to an aromatic ring is 1. The Hall–Kier alpha value is -2.49. The van der Waals surface area contributed by atoms with Crippen molar-refractivity contribution in [1.29, 1.82) is 0 Å². The molecule has 0 aliphatic heterocycles. The van der Waals surface area contributed by atoms with Gasteiger partial charge in [0.1, 0.15) is 0 Å². The summed E-state index contributed by atoms with van der Waals surface area (Å²) in [7, 11) is 0. The van der Waals surface area contributed by atoms with Gasteiger partial charge in [-0.05, 0) is 42.5 Å². The van der Waals surface area contributed by atoms with Crippen LogP contribution in [-0.2, 0) is 0 Å². The normalized spacial score (nSPS) is 10.6. The molecule has 0 aliphatic carbocycles. The number of imidazole rings is 1. The summed E-state index contributed by atoms with van der Waals surface area (Å²) in [6.45, 7) is 0. The van der Waals surface area contributed by atoms with Crippen LogP contribution in [0.5, 0.6) is 0 Å². The Balaban J connectivity index is 1.91. The molecule has 1 aromatic heterocycles. The number of rotatable bonds is 2. The van der Waals surface area contributed by atoms with Crippen LogP contribution in [-0.4, -0.2) is 9.97 Å². The van der Waals surface area contributed by atoms with Gasteiger partial charge in [-0.3, -0.25) is 0 Å². The largest absolute Gasteiger partial charge is 0.399 e. The molecular weight excluding hydrogens is 212 g/mol. The van der Waals surface area contributed by atoms with Crippen molar-refractivity contribution in [3.63, 3.8) is 0 Å². The first kappa shape index (κ1) is 9.72. The van der Waals surface area contributed by atoms with Gasteiger partial charge < -0.3 is 16.0 Å². The number of aromatic amines is 1. The Morgan fingerprint density at radius 1 is 1.00 bits per heavy atom. The molecule has 84 valence electrons. The van der Waals surface area contributed by atoms with E-state index >= 15 is 0 Å². The minimum Gasteiger partial charge on any atom is -0.399 e. The van der Waals surface area contributed by atoms with E-state index in [1.807, 2.05) is 42.5 Å². The molecule has 0 fully saturated rings. The minimum atomic E-state index is 0.763. The third-order valence-corrected chi connectivity index (χ3v) is 2.62. The molecule has 3 rings (SSSR count). The van der Waals surface area contributed by atoms with Crippen molar-refractivity contribution in [2.75, 3.05) is 11.1 Å². The first-order valence-corrected chi connectivity index (χ1v) is 5.37. The third kappa shape index (κ3) is 1.92. The van der Waals surface area contributed by atoms with Crippen LogP contribution in [0.25, 0.3) is 11.0 Å². The van der Waals surface area contributed by atoms with E-state index in [0.717, 1.165) is 28.1 Å². The van der Waals surface area contributed by atoms with Gasteiger partial charge in [-0.2, -0.15) is 0 Å². The maximum absolute atomic E-state index is 5.64. The molecule has 3 aromatic rings. The van der Waals surface area contributed by atoms with E-state index in [-0.39, 0.29) is 0 Å². The molecule has 17 heavy (non-hydrogen) atoms. The van der Waals surface area contributed by atoms with Crippen LogP contribution in [0.2, 0.25) is 0 Å². The predicted molar refractivity (Wildman–Crippen MR) is 70.2 cm³/mol. The van der Waals surface area contributed by atoms with Gasteiger partial charge in [-0.15, -0.1) is 0 Å². The summed E-state index contributed by atoms with van der Waals surface area (Å²) in [6.07, 6.45) is 1.69. The zero-order valence-electron chi connectivity index (χ0n) is 9.14. The molecule has 4 N–H and O–H groups in total. The minimum absolute atomic E-state index is 0.763. The SMILES string of the molecule is Nc1ccc(Nc2ccc3nc[nH]c3c2)cc1. The van der Waals surface area contributed by atoms with Crippen LogP contribution in [0, 0.1) is 0 Å². The Kier molecular flexibility index (Phi) is 2.19. The number of aromatic nitrogens is 2. The van der Waals surface area contributed by atoms with Gasteiger partial charge in [0.25, 0.3) is 0 Å². The standard InChI is InChI=1S/C13H12N4/c14-9-1-3-10(4-2-9)17-11-5-6-12-13(7-11)16-8-15-12/h1-8,17H,14H2,(H,15,16). The van der Waals surface area contributed by atoms with Crippen LogP contribution in [0.15, 0.2) is 48.8 Å². The molecule has 1 heterocycles. The number of nitrogens with one attached hydrogen (secondary N) is 2. The van der Waals surface area contributed by atoms with Crippen molar-refractivity contribution in [2.45, 2.75) is 0 Å². The van der Waals surface area contributed by atoms with Crippen LogP contribution in [0.4, 0.5) is 17.1 Å². The monoisotopic (exact) mass is 224 g/mol. The topological polar surface area (TPSA) is 66.7 Å². The second-order valence-electron chi connectivity index (χ2n) is 3.88. The number of hydrogen-bond acceptors (Lipinski definition) is 3. The Bertz CT molecular complexity index is 640. The molecule has 0 atom stereocenters. The first-order valence-electron chi connectivity index (χ1n) is 5.37. The molecule has 0 aliphatic rings. The summed E-state index contributed by atoms with van der Waals surface area (Å²) >= 11 is 0. The van der Waals surface area contributed by atoms with Crippen molar-refractivity contribution < 1.29 is 0 Å². The molecule has 0 bridgehead atoms. The summed E-state index contributed by atoms with van der Waals surface area (Å²) in [5.74, 6) is 0. The molecule has 0 saturated heterocycles. The van der Waals surface area contributed by atoms with Crippen molar-refractivity contribution in [2.24, 2.45) is 0 Å². The van der Waals surface area contributed by atoms with Crippen molar-refractivity contribution in [3.8, 4) is 0 Å². The lowest BCUT2D eigenvalue weighted by Gasteiger charge is -2.06. The highest BCUT2D eigenvalue weighted by molar-refractivity contribution is 5.80. The van der Waals surface area contributed by atoms with Crippen LogP contribution in [0.3, 0.4) is 0 Å². The summed E-state index contributed by atoms with van der Waals surface area (Å²) in [5.41, 5.74) is 10.4. The number of nitrogens with two attached hydrogens (primary N) is 1. The highest BCUT2D eigenvalue weighted by Gasteiger charge is 1.98. The highest BCUT2D eigenvalue weighted by Crippen LogP contribution is 2.20. The molecule has 2 aromatic carbocycles. The van der Waals surface area contributed by atoms with Gasteiger partial charge in [-0.25, -0.2) is 4.98 Å². The number of anilines is 3. The molecule has 4 heteroatoms. The first-order chi connectivity index (χ1) is 8.31. The second-order valence-corrected chi connectivity index (χ2v) is 3.88. The average molecular weight is 224 g/mol. The molecule has 0 amide bonds. The molecular formula is C13H12N4. The Morgan fingerprint density at radius 3 is 2.59 bits per heavy atom. The van der Waals surface area contributed by atoms with Crippen LogP contribution in [0.1, 0.15) is 0 Å². The maximum Gasteiger partial charge on any atom is 0.0931 e. The fourth-order valence-corrected chi connectivity index (χ4v) is 1.75. The zero-order chi connectivity index (χ0) is 11.7. The number of hydrogen-bond donors (Lipinski definition) is 3. The number of nitrogens with zero attached hydrogens (tertiary/aromatic N) is 1. The molecule has 0 unspecified atom stereocenters.